The number of phenols is 1. The standard InChI is InChI=1S/C10H11FO2/c1-6-3-9(11)5-8(10(6)13)4-7(2)12/h3,5,13H,4H2,1-2H3. The molecule has 0 saturated carbocycles. The molecule has 13 heavy (non-hydrogen) atoms. The van der Waals surface area contributed by atoms with E-state index in [4.69, 9.17) is 0 Å². The maximum atomic E-state index is 12.8. The van der Waals surface area contributed by atoms with E-state index < -0.39 is 5.82 Å². The fraction of sp³-hybridized carbons (Fsp3) is 0.300. The minimum absolute atomic E-state index is 0.0107. The second-order valence-corrected chi connectivity index (χ2v) is 3.11. The third-order valence-electron chi connectivity index (χ3n) is 1.78. The first-order chi connectivity index (χ1) is 6.00. The van der Waals surface area contributed by atoms with E-state index in [1.165, 1.54) is 19.1 Å². The van der Waals surface area contributed by atoms with Crippen LogP contribution in [0, 0.1) is 12.7 Å². The quantitative estimate of drug-likeness (QED) is 0.759. The first kappa shape index (κ1) is 9.71. The fourth-order valence-corrected chi connectivity index (χ4v) is 1.21. The zero-order valence-corrected chi connectivity index (χ0v) is 7.60. The number of rotatable bonds is 2. The Bertz CT molecular complexity index is 345. The first-order valence-electron chi connectivity index (χ1n) is 3.98. The van der Waals surface area contributed by atoms with Gasteiger partial charge >= 0.3 is 0 Å². The summed E-state index contributed by atoms with van der Waals surface area (Å²) in [5.41, 5.74) is 0.807. The predicted octanol–water partition coefficient (Wildman–Crippen LogP) is 1.97. The molecule has 70 valence electrons. The maximum absolute atomic E-state index is 12.8. The number of carbonyl (C=O) groups is 1. The van der Waals surface area contributed by atoms with Crippen molar-refractivity contribution in [2.24, 2.45) is 0 Å². The summed E-state index contributed by atoms with van der Waals surface area (Å²) in [5.74, 6) is -0.511. The Morgan fingerprint density at radius 2 is 2.15 bits per heavy atom. The van der Waals surface area contributed by atoms with Gasteiger partial charge in [0.05, 0.1) is 0 Å². The molecule has 0 unspecified atom stereocenters. The first-order valence-corrected chi connectivity index (χ1v) is 3.98. The summed E-state index contributed by atoms with van der Waals surface area (Å²) in [6, 6.07) is 2.42. The smallest absolute Gasteiger partial charge is 0.134 e. The van der Waals surface area contributed by atoms with E-state index in [9.17, 15) is 14.3 Å². The zero-order valence-electron chi connectivity index (χ0n) is 7.60. The van der Waals surface area contributed by atoms with Gasteiger partial charge in [0.1, 0.15) is 17.3 Å². The van der Waals surface area contributed by atoms with Crippen molar-refractivity contribution in [3.63, 3.8) is 0 Å². The van der Waals surface area contributed by atoms with Crippen LogP contribution in [0.15, 0.2) is 12.1 Å². The Kier molecular flexibility index (Phi) is 2.66. The molecule has 1 rings (SSSR count). The Morgan fingerprint density at radius 3 is 2.69 bits per heavy atom. The maximum Gasteiger partial charge on any atom is 0.134 e. The molecular formula is C10H11FO2. The lowest BCUT2D eigenvalue weighted by molar-refractivity contribution is -0.116. The number of hydrogen-bond donors (Lipinski definition) is 1. The van der Waals surface area contributed by atoms with Crippen LogP contribution in [-0.2, 0) is 11.2 Å². The molecule has 2 nitrogen and oxygen atoms in total. The number of halogens is 1. The molecule has 0 aliphatic rings. The van der Waals surface area contributed by atoms with Crippen LogP contribution in [0.5, 0.6) is 5.75 Å². The van der Waals surface area contributed by atoms with Gasteiger partial charge in [0, 0.05) is 12.0 Å². The van der Waals surface area contributed by atoms with Crippen LogP contribution < -0.4 is 0 Å². The third kappa shape index (κ3) is 2.28. The van der Waals surface area contributed by atoms with Crippen LogP contribution >= 0.6 is 0 Å². The Hall–Kier alpha value is -1.38. The molecule has 1 aromatic carbocycles. The molecule has 0 spiro atoms. The number of ketones is 1. The van der Waals surface area contributed by atoms with Crippen LogP contribution in [-0.4, -0.2) is 10.9 Å². The lowest BCUT2D eigenvalue weighted by Crippen LogP contribution is -1.98. The zero-order chi connectivity index (χ0) is 10.0. The van der Waals surface area contributed by atoms with Gasteiger partial charge in [-0.3, -0.25) is 4.79 Å². The fourth-order valence-electron chi connectivity index (χ4n) is 1.21. The van der Waals surface area contributed by atoms with Gasteiger partial charge in [-0.05, 0) is 31.5 Å². The Balaban J connectivity index is 3.12. The summed E-state index contributed by atoms with van der Waals surface area (Å²) in [5, 5.41) is 9.45. The Morgan fingerprint density at radius 1 is 1.54 bits per heavy atom. The number of phenolic OH excluding ortho intramolecular Hbond substituents is 1. The van der Waals surface area contributed by atoms with E-state index in [1.807, 2.05) is 0 Å². The van der Waals surface area contributed by atoms with E-state index in [-0.39, 0.29) is 18.0 Å². The van der Waals surface area contributed by atoms with Crippen molar-refractivity contribution in [2.45, 2.75) is 20.3 Å². The minimum atomic E-state index is -0.424. The molecule has 0 radical (unpaired) electrons. The molecule has 1 aromatic rings. The van der Waals surface area contributed by atoms with Crippen molar-refractivity contribution in [2.75, 3.05) is 0 Å². The molecule has 0 aromatic heterocycles. The van der Waals surface area contributed by atoms with Gasteiger partial charge in [-0.1, -0.05) is 0 Å². The molecule has 0 saturated heterocycles. The lowest BCUT2D eigenvalue weighted by Gasteiger charge is -2.05. The van der Waals surface area contributed by atoms with Crippen molar-refractivity contribution >= 4 is 5.78 Å². The summed E-state index contributed by atoms with van der Waals surface area (Å²) < 4.78 is 12.8. The average Bonchev–Trinajstić information content (AvgIpc) is 1.98. The normalized spacial score (nSPS) is 10.1. The van der Waals surface area contributed by atoms with Crippen LogP contribution in [0.3, 0.4) is 0 Å². The van der Waals surface area contributed by atoms with E-state index in [0.29, 0.717) is 11.1 Å². The summed E-state index contributed by atoms with van der Waals surface area (Å²) in [4.78, 5) is 10.8. The molecule has 0 amide bonds. The van der Waals surface area contributed by atoms with Crippen LogP contribution in [0.1, 0.15) is 18.1 Å². The third-order valence-corrected chi connectivity index (χ3v) is 1.78. The van der Waals surface area contributed by atoms with Gasteiger partial charge in [0.15, 0.2) is 0 Å². The summed E-state index contributed by atoms with van der Waals surface area (Å²) >= 11 is 0. The van der Waals surface area contributed by atoms with Crippen molar-refractivity contribution in [1.82, 2.24) is 0 Å². The molecule has 1 N–H and O–H groups in total. The number of Topliss-reactive ketones (excluding diaryl/α,β-unsaturated/α-hetero) is 1. The van der Waals surface area contributed by atoms with Crippen molar-refractivity contribution in [1.29, 1.82) is 0 Å². The summed E-state index contributed by atoms with van der Waals surface area (Å²) in [6.07, 6.45) is 0.0738. The van der Waals surface area contributed by atoms with Crippen LogP contribution in [0.2, 0.25) is 0 Å². The highest BCUT2D eigenvalue weighted by Crippen LogP contribution is 2.23. The van der Waals surface area contributed by atoms with Gasteiger partial charge < -0.3 is 5.11 Å². The van der Waals surface area contributed by atoms with Gasteiger partial charge in [-0.25, -0.2) is 4.39 Å². The highest BCUT2D eigenvalue weighted by Gasteiger charge is 2.08. The molecule has 0 atom stereocenters. The second-order valence-electron chi connectivity index (χ2n) is 3.11. The monoisotopic (exact) mass is 182 g/mol. The van der Waals surface area contributed by atoms with Gasteiger partial charge in [-0.15, -0.1) is 0 Å². The van der Waals surface area contributed by atoms with E-state index >= 15 is 0 Å². The molecule has 0 bridgehead atoms. The van der Waals surface area contributed by atoms with Crippen LogP contribution in [0.4, 0.5) is 4.39 Å². The van der Waals surface area contributed by atoms with Gasteiger partial charge in [0.2, 0.25) is 0 Å². The number of benzene rings is 1. The molecule has 0 heterocycles. The number of aromatic hydroxyl groups is 1. The van der Waals surface area contributed by atoms with Gasteiger partial charge in [-0.2, -0.15) is 0 Å². The predicted molar refractivity (Wildman–Crippen MR) is 47.2 cm³/mol. The molecule has 0 aliphatic heterocycles. The highest BCUT2D eigenvalue weighted by atomic mass is 19.1. The number of aryl methyl sites for hydroxylation is 1. The minimum Gasteiger partial charge on any atom is -0.507 e. The highest BCUT2D eigenvalue weighted by molar-refractivity contribution is 5.79. The number of carbonyl (C=O) groups excluding carboxylic acids is 1. The molecule has 3 heteroatoms. The van der Waals surface area contributed by atoms with Crippen molar-refractivity contribution in [3.05, 3.63) is 29.1 Å². The second kappa shape index (κ2) is 3.56. The van der Waals surface area contributed by atoms with Crippen LogP contribution in [0.25, 0.3) is 0 Å². The van der Waals surface area contributed by atoms with E-state index in [0.717, 1.165) is 0 Å². The molecule has 0 fully saturated rings. The molecular weight excluding hydrogens is 171 g/mol. The average molecular weight is 182 g/mol. The van der Waals surface area contributed by atoms with E-state index in [1.54, 1.807) is 6.92 Å². The topological polar surface area (TPSA) is 37.3 Å². The van der Waals surface area contributed by atoms with Gasteiger partial charge in [0.25, 0.3) is 0 Å². The van der Waals surface area contributed by atoms with Crippen molar-refractivity contribution < 1.29 is 14.3 Å². The molecule has 0 aliphatic carbocycles. The van der Waals surface area contributed by atoms with Crippen molar-refractivity contribution in [3.8, 4) is 5.75 Å². The number of hydrogen-bond acceptors (Lipinski definition) is 2. The Labute approximate surface area is 76.0 Å². The summed E-state index contributed by atoms with van der Waals surface area (Å²) in [7, 11) is 0. The van der Waals surface area contributed by atoms with E-state index in [2.05, 4.69) is 0 Å². The SMILES string of the molecule is CC(=O)Cc1cc(F)cc(C)c1O. The largest absolute Gasteiger partial charge is 0.507 e. The summed E-state index contributed by atoms with van der Waals surface area (Å²) in [6.45, 7) is 3.00. The lowest BCUT2D eigenvalue weighted by atomic mass is 10.0.